The molecule has 0 saturated carbocycles. The van der Waals surface area contributed by atoms with Crippen LogP contribution in [-0.2, 0) is 23.8 Å². The minimum Gasteiger partial charge on any atom is -0.463 e. The van der Waals surface area contributed by atoms with Gasteiger partial charge in [0.05, 0.1) is 43.0 Å². The number of thioether (sulfide) groups is 1. The molecule has 162 valence electrons. The summed E-state index contributed by atoms with van der Waals surface area (Å²) in [6.45, 7) is 6.58. The second kappa shape index (κ2) is 10.4. The highest BCUT2D eigenvalue weighted by atomic mass is 35.5. The van der Waals surface area contributed by atoms with Crippen LogP contribution in [0.5, 0.6) is 0 Å². The number of carbonyl (C=O) groups is 2. The summed E-state index contributed by atoms with van der Waals surface area (Å²) < 4.78 is 16.0. The lowest BCUT2D eigenvalue weighted by Crippen LogP contribution is -2.34. The smallest absolute Gasteiger partial charge is 0.336 e. The summed E-state index contributed by atoms with van der Waals surface area (Å²) in [5.74, 6) is -0.138. The molecule has 1 N–H and O–H groups in total. The highest BCUT2D eigenvalue weighted by Crippen LogP contribution is 2.40. The summed E-state index contributed by atoms with van der Waals surface area (Å²) in [5.41, 5.74) is 2.93. The molecule has 0 spiro atoms. The molecule has 6 nitrogen and oxygen atoms in total. The fourth-order valence-corrected chi connectivity index (χ4v) is 4.62. The Bertz CT molecular complexity index is 878. The Morgan fingerprint density at radius 1 is 1.20 bits per heavy atom. The predicted molar refractivity (Wildman–Crippen MR) is 117 cm³/mol. The molecule has 1 fully saturated rings. The number of dihydropyridines is 1. The van der Waals surface area contributed by atoms with Crippen molar-refractivity contribution in [3.63, 3.8) is 0 Å². The summed E-state index contributed by atoms with van der Waals surface area (Å²) in [4.78, 5) is 25.9. The summed E-state index contributed by atoms with van der Waals surface area (Å²) >= 11 is 7.91. The van der Waals surface area contributed by atoms with E-state index in [1.165, 1.54) is 0 Å². The van der Waals surface area contributed by atoms with Gasteiger partial charge in [-0.25, -0.2) is 9.59 Å². The number of hydrogen-bond acceptors (Lipinski definition) is 7. The second-order valence-corrected chi connectivity index (χ2v) is 8.42. The molecule has 1 saturated heterocycles. The summed E-state index contributed by atoms with van der Waals surface area (Å²) in [5, 5.41) is 3.79. The molecular weight excluding hydrogens is 426 g/mol. The Kier molecular flexibility index (Phi) is 7.86. The zero-order valence-electron chi connectivity index (χ0n) is 17.3. The molecule has 0 radical (unpaired) electrons. The van der Waals surface area contributed by atoms with Gasteiger partial charge in [0.1, 0.15) is 0 Å². The first-order valence-corrected chi connectivity index (χ1v) is 11.5. The highest BCUT2D eigenvalue weighted by molar-refractivity contribution is 7.99. The van der Waals surface area contributed by atoms with E-state index >= 15 is 0 Å². The van der Waals surface area contributed by atoms with Crippen LogP contribution < -0.4 is 5.32 Å². The Hall–Kier alpha value is -1.96. The molecule has 1 aromatic rings. The molecule has 0 aliphatic carbocycles. The molecule has 0 bridgehead atoms. The van der Waals surface area contributed by atoms with Crippen LogP contribution in [-0.4, -0.2) is 49.4 Å². The van der Waals surface area contributed by atoms with E-state index in [0.29, 0.717) is 27.6 Å². The molecule has 1 aromatic carbocycles. The van der Waals surface area contributed by atoms with E-state index in [9.17, 15) is 9.59 Å². The second-order valence-electron chi connectivity index (χ2n) is 6.96. The number of nitrogens with one attached hydrogen (secondary N) is 1. The Balaban J connectivity index is 2.07. The normalized spacial score (nSPS) is 20.7. The van der Waals surface area contributed by atoms with E-state index in [2.05, 4.69) is 5.32 Å². The van der Waals surface area contributed by atoms with Gasteiger partial charge in [0.2, 0.25) is 0 Å². The van der Waals surface area contributed by atoms with Crippen molar-refractivity contribution in [2.75, 3.05) is 31.3 Å². The van der Waals surface area contributed by atoms with Gasteiger partial charge < -0.3 is 19.5 Å². The number of esters is 2. The van der Waals surface area contributed by atoms with Crippen LogP contribution in [0.3, 0.4) is 0 Å². The van der Waals surface area contributed by atoms with E-state index < -0.39 is 17.9 Å². The lowest BCUT2D eigenvalue weighted by molar-refractivity contribution is -0.139. The van der Waals surface area contributed by atoms with Gasteiger partial charge in [-0.2, -0.15) is 11.8 Å². The minimum absolute atomic E-state index is 0.234. The maximum absolute atomic E-state index is 13.1. The van der Waals surface area contributed by atoms with Gasteiger partial charge >= 0.3 is 11.9 Å². The van der Waals surface area contributed by atoms with Crippen molar-refractivity contribution in [1.29, 1.82) is 0 Å². The van der Waals surface area contributed by atoms with Gasteiger partial charge in [-0.1, -0.05) is 23.7 Å². The number of hydrogen-bond donors (Lipinski definition) is 1. The number of carbonyl (C=O) groups excluding carboxylic acids is 2. The molecule has 3 rings (SSSR count). The van der Waals surface area contributed by atoms with Crippen LogP contribution >= 0.6 is 23.4 Å². The van der Waals surface area contributed by atoms with Crippen LogP contribution in [0.1, 0.15) is 32.3 Å². The van der Waals surface area contributed by atoms with Gasteiger partial charge in [-0.15, -0.1) is 0 Å². The lowest BCUT2D eigenvalue weighted by atomic mass is 9.80. The van der Waals surface area contributed by atoms with Gasteiger partial charge in [0.25, 0.3) is 0 Å². The molecule has 2 atom stereocenters. The number of ether oxygens (including phenoxy) is 3. The summed E-state index contributed by atoms with van der Waals surface area (Å²) in [6, 6.07) is 7.19. The molecular formula is C22H26ClNO5S. The van der Waals surface area contributed by atoms with Gasteiger partial charge in [-0.05, 0) is 38.5 Å². The maximum Gasteiger partial charge on any atom is 0.336 e. The number of halogens is 1. The monoisotopic (exact) mass is 451 g/mol. The highest BCUT2D eigenvalue weighted by Gasteiger charge is 2.39. The molecule has 2 heterocycles. The molecule has 0 aromatic heterocycles. The topological polar surface area (TPSA) is 77.2 Å². The van der Waals surface area contributed by atoms with E-state index in [4.69, 9.17) is 25.8 Å². The Labute approximate surface area is 186 Å². The van der Waals surface area contributed by atoms with Crippen molar-refractivity contribution >= 4 is 35.3 Å². The molecule has 8 heteroatoms. The van der Waals surface area contributed by atoms with Crippen molar-refractivity contribution in [1.82, 2.24) is 5.32 Å². The van der Waals surface area contributed by atoms with Crippen LogP contribution in [0, 0.1) is 0 Å². The zero-order chi connectivity index (χ0) is 21.7. The number of allylic oxidation sites excluding steroid dienone is 1. The molecule has 0 amide bonds. The van der Waals surface area contributed by atoms with Crippen molar-refractivity contribution in [2.45, 2.75) is 32.8 Å². The number of rotatable bonds is 9. The first-order chi connectivity index (χ1) is 14.5. The third-order valence-electron chi connectivity index (χ3n) is 4.77. The predicted octanol–water partition coefficient (Wildman–Crippen LogP) is 3.81. The number of epoxide rings is 1. The Morgan fingerprint density at radius 3 is 2.47 bits per heavy atom. The molecule has 2 aliphatic heterocycles. The van der Waals surface area contributed by atoms with E-state index in [-0.39, 0.29) is 19.3 Å². The third kappa shape index (κ3) is 5.39. The molecule has 2 aliphatic rings. The van der Waals surface area contributed by atoms with Crippen LogP contribution in [0.4, 0.5) is 0 Å². The van der Waals surface area contributed by atoms with Gasteiger partial charge in [-0.3, -0.25) is 0 Å². The number of benzene rings is 1. The SMILES string of the molecule is CCOC(=O)C1=C(C)NC(CSCC2CO2)=C(C(=O)OCC)C1c1cccc(Cl)c1. The van der Waals surface area contributed by atoms with E-state index in [1.54, 1.807) is 43.8 Å². The average molecular weight is 452 g/mol. The van der Waals surface area contributed by atoms with Gasteiger partial charge in [0.15, 0.2) is 0 Å². The maximum atomic E-state index is 13.1. The summed E-state index contributed by atoms with van der Waals surface area (Å²) in [6.07, 6.45) is 0.278. The first-order valence-electron chi connectivity index (χ1n) is 9.96. The van der Waals surface area contributed by atoms with Crippen molar-refractivity contribution in [3.8, 4) is 0 Å². The third-order valence-corrected chi connectivity index (χ3v) is 6.11. The van der Waals surface area contributed by atoms with Crippen LogP contribution in [0.2, 0.25) is 5.02 Å². The van der Waals surface area contributed by atoms with Crippen molar-refractivity contribution in [2.24, 2.45) is 0 Å². The fraction of sp³-hybridized carbons (Fsp3) is 0.455. The van der Waals surface area contributed by atoms with Crippen LogP contribution in [0.15, 0.2) is 46.8 Å². The largest absolute Gasteiger partial charge is 0.463 e. The molecule has 30 heavy (non-hydrogen) atoms. The fourth-order valence-electron chi connectivity index (χ4n) is 3.42. The van der Waals surface area contributed by atoms with E-state index in [0.717, 1.165) is 23.6 Å². The quantitative estimate of drug-likeness (QED) is 0.451. The zero-order valence-corrected chi connectivity index (χ0v) is 18.9. The van der Waals surface area contributed by atoms with Crippen LogP contribution in [0.25, 0.3) is 0 Å². The molecule has 2 unspecified atom stereocenters. The minimum atomic E-state index is -0.629. The van der Waals surface area contributed by atoms with Crippen molar-refractivity contribution < 1.29 is 23.8 Å². The van der Waals surface area contributed by atoms with E-state index in [1.807, 2.05) is 13.0 Å². The first kappa shape index (κ1) is 22.7. The lowest BCUT2D eigenvalue weighted by Gasteiger charge is -2.31. The van der Waals surface area contributed by atoms with Gasteiger partial charge in [0, 0.05) is 27.9 Å². The Morgan fingerprint density at radius 2 is 1.87 bits per heavy atom. The standard InChI is InChI=1S/C22H26ClNO5S/c1-4-27-21(25)18-13(3)24-17(12-30-11-16-10-29-16)20(22(26)28-5-2)19(18)14-7-6-8-15(23)9-14/h6-9,16,19,24H,4-5,10-12H2,1-3H3. The average Bonchev–Trinajstić information content (AvgIpc) is 3.52. The van der Waals surface area contributed by atoms with Crippen molar-refractivity contribution in [3.05, 3.63) is 57.4 Å². The summed E-state index contributed by atoms with van der Waals surface area (Å²) in [7, 11) is 0.